The Bertz CT molecular complexity index is 983. The van der Waals surface area contributed by atoms with Crippen LogP contribution in [0.3, 0.4) is 0 Å². The van der Waals surface area contributed by atoms with Gasteiger partial charge in [0.05, 0.1) is 27.7 Å². The van der Waals surface area contributed by atoms with Crippen molar-refractivity contribution in [2.75, 3.05) is 47.5 Å². The Hall–Kier alpha value is -2.07. The second-order valence-electron chi connectivity index (χ2n) is 13.9. The molecule has 0 unspecified atom stereocenters. The van der Waals surface area contributed by atoms with Gasteiger partial charge in [0, 0.05) is 12.8 Å². The number of phosphoric ester groups is 1. The Morgan fingerprint density at radius 2 is 1.06 bits per heavy atom. The predicted octanol–water partition coefficient (Wildman–Crippen LogP) is 9.30. The minimum Gasteiger partial charge on any atom is -0.462 e. The van der Waals surface area contributed by atoms with Gasteiger partial charge in [-0.25, -0.2) is 4.57 Å². The van der Waals surface area contributed by atoms with Crippen LogP contribution in [0.5, 0.6) is 0 Å². The van der Waals surface area contributed by atoms with E-state index in [1.807, 2.05) is 21.1 Å². The molecular weight excluding hydrogens is 669 g/mol. The number of unbranched alkanes of at least 4 members (excludes halogenated alkanes) is 14. The monoisotopic (exact) mass is 745 g/mol. The molecule has 0 saturated heterocycles. The van der Waals surface area contributed by atoms with Crippen LogP contribution >= 0.6 is 7.82 Å². The van der Waals surface area contributed by atoms with Crippen LogP contribution in [-0.4, -0.2) is 84.9 Å². The molecule has 10 nitrogen and oxygen atoms in total. The van der Waals surface area contributed by atoms with E-state index in [4.69, 9.17) is 19.3 Å². The molecule has 51 heavy (non-hydrogen) atoms. The third-order valence-corrected chi connectivity index (χ3v) is 8.15. The number of nitrogens with zero attached hydrogens (tertiary/aromatic N) is 1. The zero-order chi connectivity index (χ0) is 38.5. The van der Waals surface area contributed by atoms with E-state index in [9.17, 15) is 19.3 Å². The van der Waals surface area contributed by atoms with Crippen LogP contribution in [0, 0.1) is 0 Å². The van der Waals surface area contributed by atoms with Crippen molar-refractivity contribution in [3.63, 3.8) is 0 Å². The van der Waals surface area contributed by atoms with Gasteiger partial charge in [0.2, 0.25) is 0 Å². The lowest BCUT2D eigenvalue weighted by atomic mass is 10.1. The van der Waals surface area contributed by atoms with Gasteiger partial charge in [-0.3, -0.25) is 14.1 Å². The normalized spacial score (nSPS) is 12.9. The van der Waals surface area contributed by atoms with E-state index >= 15 is 0 Å². The molecule has 0 aromatic carbocycles. The van der Waals surface area contributed by atoms with Crippen molar-refractivity contribution >= 4 is 19.8 Å². The van der Waals surface area contributed by atoms with Gasteiger partial charge in [-0.2, -0.15) is 0 Å². The molecule has 0 spiro atoms. The van der Waals surface area contributed by atoms with Crippen molar-refractivity contribution in [3.8, 4) is 0 Å². The third-order valence-electron chi connectivity index (χ3n) is 7.63. The predicted molar refractivity (Wildman–Crippen MR) is 209 cm³/mol. The second kappa shape index (κ2) is 36.3. The first-order valence-corrected chi connectivity index (χ1v) is 21.0. The maximum atomic E-state index is 12.1. The summed E-state index contributed by atoms with van der Waals surface area (Å²) in [6.45, 7) is 4.60. The Labute approximate surface area is 311 Å². The summed E-state index contributed by atoms with van der Waals surface area (Å²) in [6.07, 6.45) is 37.3. The molecular formula is C40H75NO9P+. The largest absolute Gasteiger partial charge is 0.469 e. The van der Waals surface area contributed by atoms with Gasteiger partial charge in [-0.05, 0) is 51.4 Å². The highest BCUT2D eigenvalue weighted by molar-refractivity contribution is 7.46. The molecule has 0 aromatic rings. The number of carbonyl (C=O) groups is 2. The summed E-state index contributed by atoms with van der Waals surface area (Å²) in [5.74, 6) is -0.626. The molecule has 0 aliphatic heterocycles. The standard InChI is InChI=1S/C35H60O5.C5H14NO4P/c1-3-5-7-9-11-13-15-17-19-21-23-25-27-29-34(37)39-32-33(31-36)40-35(38)30-28-26-24-22-20-18-16-14-12-10-8-6-4-2;1-6(2,3)4-5-10-11(7,8)9/h7-14,33,36H,3-6,15-32H2,1-2H3;4-5H2,1-3H3,(H-,7,8,9)/p+1/t33-;/m0./s1. The highest BCUT2D eigenvalue weighted by atomic mass is 31.2. The van der Waals surface area contributed by atoms with E-state index in [-0.39, 0.29) is 31.8 Å². The molecule has 298 valence electrons. The molecule has 0 heterocycles. The molecule has 0 aliphatic carbocycles. The van der Waals surface area contributed by atoms with Crippen molar-refractivity contribution in [1.82, 2.24) is 0 Å². The molecule has 0 fully saturated rings. The smallest absolute Gasteiger partial charge is 0.462 e. The van der Waals surface area contributed by atoms with Crippen LogP contribution in [0.15, 0.2) is 48.6 Å². The van der Waals surface area contributed by atoms with Gasteiger partial charge >= 0.3 is 19.8 Å². The molecule has 0 rings (SSSR count). The van der Waals surface area contributed by atoms with Crippen LogP contribution in [0.4, 0.5) is 0 Å². The average Bonchev–Trinajstić information content (AvgIpc) is 3.06. The van der Waals surface area contributed by atoms with E-state index < -0.39 is 13.9 Å². The summed E-state index contributed by atoms with van der Waals surface area (Å²) >= 11 is 0. The fourth-order valence-corrected chi connectivity index (χ4v) is 4.89. The average molecular weight is 745 g/mol. The Balaban J connectivity index is 0. The second-order valence-corrected chi connectivity index (χ2v) is 15.2. The minimum atomic E-state index is -4.26. The fraction of sp³-hybridized carbons (Fsp3) is 0.750. The van der Waals surface area contributed by atoms with Gasteiger partial charge in [-0.15, -0.1) is 0 Å². The number of ether oxygens (including phenoxy) is 2. The quantitative estimate of drug-likeness (QED) is 0.0202. The topological polar surface area (TPSA) is 140 Å². The molecule has 0 bridgehead atoms. The van der Waals surface area contributed by atoms with Gasteiger partial charge in [0.15, 0.2) is 6.10 Å². The lowest BCUT2D eigenvalue weighted by molar-refractivity contribution is -0.870. The van der Waals surface area contributed by atoms with E-state index in [1.54, 1.807) is 0 Å². The zero-order valence-corrected chi connectivity index (χ0v) is 33.7. The number of quaternary nitrogens is 1. The first kappa shape index (κ1) is 51.0. The van der Waals surface area contributed by atoms with Crippen molar-refractivity contribution in [1.29, 1.82) is 0 Å². The lowest BCUT2D eigenvalue weighted by Gasteiger charge is -2.23. The zero-order valence-electron chi connectivity index (χ0n) is 32.9. The molecule has 0 aliphatic rings. The SMILES string of the molecule is CCCC=CC=CCCCCCCCCC(=O)OC[C@H](CO)OC(=O)CCCCCCCCC=CC=CCCC.C[N+](C)(C)CCOP(=O)(O)O. The Kier molecular flexibility index (Phi) is 36.3. The molecule has 0 saturated carbocycles. The number of phosphoric acid groups is 1. The summed E-state index contributed by atoms with van der Waals surface area (Å²) in [5, 5.41) is 9.49. The summed E-state index contributed by atoms with van der Waals surface area (Å²) in [7, 11) is 1.50. The first-order chi connectivity index (χ1) is 24.3. The lowest BCUT2D eigenvalue weighted by Crippen LogP contribution is -2.37. The van der Waals surface area contributed by atoms with Crippen molar-refractivity contribution in [2.45, 2.75) is 148 Å². The first-order valence-electron chi connectivity index (χ1n) is 19.4. The third kappa shape index (κ3) is 45.9. The number of aliphatic hydroxyl groups is 1. The number of carbonyl (C=O) groups excluding carboxylic acids is 2. The Morgan fingerprint density at radius 3 is 1.47 bits per heavy atom. The van der Waals surface area contributed by atoms with Crippen LogP contribution in [0.1, 0.15) is 142 Å². The molecule has 0 radical (unpaired) electrons. The molecule has 0 aromatic heterocycles. The van der Waals surface area contributed by atoms with Gasteiger partial charge < -0.3 is 28.9 Å². The molecule has 11 heteroatoms. The highest BCUT2D eigenvalue weighted by Crippen LogP contribution is 2.35. The molecule has 3 N–H and O–H groups in total. The summed E-state index contributed by atoms with van der Waals surface area (Å²) in [5.41, 5.74) is 0. The number of rotatable bonds is 32. The number of hydrogen-bond acceptors (Lipinski definition) is 7. The fourth-order valence-electron chi connectivity index (χ4n) is 4.57. The number of aliphatic hydroxyl groups excluding tert-OH is 1. The van der Waals surface area contributed by atoms with E-state index in [1.165, 1.54) is 51.4 Å². The number of allylic oxidation sites excluding steroid dienone is 8. The summed E-state index contributed by atoms with van der Waals surface area (Å²) < 4.78 is 25.6. The molecule has 1 atom stereocenters. The Morgan fingerprint density at radius 1 is 0.647 bits per heavy atom. The van der Waals surface area contributed by atoms with Gasteiger partial charge in [-0.1, -0.05) is 127 Å². The van der Waals surface area contributed by atoms with E-state index in [2.05, 4.69) is 67.0 Å². The van der Waals surface area contributed by atoms with Crippen LogP contribution in [-0.2, 0) is 28.2 Å². The van der Waals surface area contributed by atoms with Crippen molar-refractivity contribution in [3.05, 3.63) is 48.6 Å². The van der Waals surface area contributed by atoms with Gasteiger partial charge in [0.1, 0.15) is 19.8 Å². The highest BCUT2D eigenvalue weighted by Gasteiger charge is 2.17. The maximum Gasteiger partial charge on any atom is 0.469 e. The summed E-state index contributed by atoms with van der Waals surface area (Å²) in [6, 6.07) is 0. The van der Waals surface area contributed by atoms with Gasteiger partial charge in [0.25, 0.3) is 0 Å². The van der Waals surface area contributed by atoms with Crippen LogP contribution in [0.2, 0.25) is 0 Å². The number of likely N-dealkylation sites (N-methyl/N-ethyl adjacent to an activating group) is 1. The number of hydrogen-bond donors (Lipinski definition) is 3. The van der Waals surface area contributed by atoms with Crippen LogP contribution in [0.25, 0.3) is 0 Å². The number of esters is 2. The summed E-state index contributed by atoms with van der Waals surface area (Å²) in [4.78, 5) is 40.7. The van der Waals surface area contributed by atoms with Crippen LogP contribution < -0.4 is 0 Å². The minimum absolute atomic E-state index is 0.0772. The van der Waals surface area contributed by atoms with E-state index in [0.29, 0.717) is 23.9 Å². The van der Waals surface area contributed by atoms with Crippen molar-refractivity contribution in [2.24, 2.45) is 0 Å². The van der Waals surface area contributed by atoms with Crippen molar-refractivity contribution < 1.29 is 47.5 Å². The van der Waals surface area contributed by atoms with E-state index in [0.717, 1.165) is 64.2 Å². The maximum absolute atomic E-state index is 12.1. The molecule has 0 amide bonds.